The molecule has 1 aromatic heterocycles. The highest BCUT2D eigenvalue weighted by Crippen LogP contribution is 2.46. The number of aromatic amines is 1. The molecule has 2 aliphatic rings. The van der Waals surface area contributed by atoms with E-state index in [1.54, 1.807) is 11.0 Å². The van der Waals surface area contributed by atoms with Gasteiger partial charge >= 0.3 is 6.18 Å². The largest absolute Gasteiger partial charge is 0.416 e. The Morgan fingerprint density at radius 1 is 1.17 bits per heavy atom. The molecule has 3 aromatic rings. The van der Waals surface area contributed by atoms with Crippen molar-refractivity contribution in [1.82, 2.24) is 20.2 Å². The number of halogens is 3. The second-order valence-corrected chi connectivity index (χ2v) is 10.1. The van der Waals surface area contributed by atoms with Crippen molar-refractivity contribution in [3.8, 4) is 0 Å². The monoisotopic (exact) mass is 498 g/mol. The molecule has 0 saturated carbocycles. The number of hydrogen-bond donors (Lipinski definition) is 2. The lowest BCUT2D eigenvalue weighted by Crippen LogP contribution is -2.56. The molecule has 2 N–H and O–H groups in total. The molecule has 5 rings (SSSR count). The number of aryl methyl sites for hydroxylation is 1. The molecule has 0 bridgehead atoms. The molecule has 2 saturated heterocycles. The van der Waals surface area contributed by atoms with Gasteiger partial charge in [-0.1, -0.05) is 30.7 Å². The fraction of sp³-hybridized carbons (Fsp3) is 0.444. The van der Waals surface area contributed by atoms with Crippen molar-refractivity contribution in [2.24, 2.45) is 0 Å². The fourth-order valence-electron chi connectivity index (χ4n) is 5.78. The Kier molecular flexibility index (Phi) is 6.26. The Hall–Kier alpha value is -3.36. The summed E-state index contributed by atoms with van der Waals surface area (Å²) in [4.78, 5) is 35.8. The number of alkyl halides is 3. The number of nitrogens with zero attached hydrogens (tertiary/aromatic N) is 2. The zero-order chi connectivity index (χ0) is 25.5. The molecule has 2 aromatic carbocycles. The molecule has 6 nitrogen and oxygen atoms in total. The normalized spacial score (nSPS) is 24.8. The third-order valence-corrected chi connectivity index (χ3v) is 7.48. The van der Waals surface area contributed by atoms with E-state index >= 15 is 0 Å². The zero-order valence-electron chi connectivity index (χ0n) is 20.1. The minimum absolute atomic E-state index is 0.0819. The van der Waals surface area contributed by atoms with E-state index in [4.69, 9.17) is 0 Å². The maximum atomic E-state index is 13.7. The lowest BCUT2D eigenvalue weighted by Gasteiger charge is -2.38. The summed E-state index contributed by atoms with van der Waals surface area (Å²) >= 11 is 0. The number of hydrogen-bond acceptors (Lipinski definition) is 3. The number of carbonyl (C=O) groups excluding carboxylic acids is 2. The molecule has 0 spiro atoms. The topological polar surface area (TPSA) is 78.1 Å². The number of nitrogens with one attached hydrogen (secondary N) is 2. The van der Waals surface area contributed by atoms with Gasteiger partial charge in [0.25, 0.3) is 0 Å². The molecule has 9 heteroatoms. The summed E-state index contributed by atoms with van der Waals surface area (Å²) in [6.45, 7) is 1.91. The van der Waals surface area contributed by atoms with Crippen molar-refractivity contribution in [3.05, 3.63) is 65.5 Å². The van der Waals surface area contributed by atoms with Gasteiger partial charge in [-0.25, -0.2) is 4.98 Å². The first-order chi connectivity index (χ1) is 17.1. The van der Waals surface area contributed by atoms with Gasteiger partial charge in [0.2, 0.25) is 11.8 Å². The van der Waals surface area contributed by atoms with E-state index in [-0.39, 0.29) is 24.3 Å². The zero-order valence-corrected chi connectivity index (χ0v) is 20.1. The van der Waals surface area contributed by atoms with Gasteiger partial charge in [-0.05, 0) is 56.0 Å². The highest BCUT2D eigenvalue weighted by atomic mass is 19.4. The molecule has 3 heterocycles. The van der Waals surface area contributed by atoms with Gasteiger partial charge in [-0.15, -0.1) is 0 Å². The van der Waals surface area contributed by atoms with E-state index in [1.165, 1.54) is 6.07 Å². The molecular weight excluding hydrogens is 469 g/mol. The first-order valence-electron chi connectivity index (χ1n) is 12.4. The number of imidazole rings is 1. The predicted molar refractivity (Wildman–Crippen MR) is 129 cm³/mol. The molecule has 0 radical (unpaired) electrons. The highest BCUT2D eigenvalue weighted by molar-refractivity contribution is 5.80. The second-order valence-electron chi connectivity index (χ2n) is 10.1. The molecular formula is C27H29F3N4O2. The number of fused-ring (bicyclic) bond motifs is 2. The van der Waals surface area contributed by atoms with Crippen LogP contribution in [0.3, 0.4) is 0 Å². The van der Waals surface area contributed by atoms with Gasteiger partial charge in [0.15, 0.2) is 0 Å². The van der Waals surface area contributed by atoms with Crippen LogP contribution in [0.2, 0.25) is 0 Å². The van der Waals surface area contributed by atoms with Gasteiger partial charge in [-0.2, -0.15) is 13.2 Å². The Labute approximate surface area is 207 Å². The van der Waals surface area contributed by atoms with E-state index in [0.29, 0.717) is 43.5 Å². The van der Waals surface area contributed by atoms with Gasteiger partial charge in [0, 0.05) is 19.3 Å². The minimum atomic E-state index is -4.48. The van der Waals surface area contributed by atoms with Crippen molar-refractivity contribution in [3.63, 3.8) is 0 Å². The standard InChI is InChI=1S/C27H29F3N4O2/c1-26-16-21(17-7-6-8-18(15-17)27(28,29)30)34(22(26)11-4-5-12-24(35)33-26)25(36)14-13-23-31-19-9-2-3-10-20(19)32-23/h2-3,6-10,15,21-22H,4-5,11-14,16H2,1H3,(H,31,32)(H,33,35)/t21-,22-,26-/m0/s1. The maximum absolute atomic E-state index is 13.7. The fourth-order valence-corrected chi connectivity index (χ4v) is 5.78. The number of carbonyl (C=O) groups is 2. The Balaban J connectivity index is 1.46. The number of rotatable bonds is 4. The Morgan fingerprint density at radius 2 is 1.97 bits per heavy atom. The average Bonchev–Trinajstić information content (AvgIpc) is 3.37. The molecule has 2 fully saturated rings. The van der Waals surface area contributed by atoms with Crippen LogP contribution in [-0.4, -0.2) is 38.3 Å². The van der Waals surface area contributed by atoms with Crippen molar-refractivity contribution >= 4 is 22.8 Å². The van der Waals surface area contributed by atoms with E-state index in [0.717, 1.165) is 29.6 Å². The summed E-state index contributed by atoms with van der Waals surface area (Å²) < 4.78 is 40.5. The third-order valence-electron chi connectivity index (χ3n) is 7.48. The third kappa shape index (κ3) is 4.70. The molecule has 2 aliphatic heterocycles. The second kappa shape index (κ2) is 9.26. The van der Waals surface area contributed by atoms with E-state index in [9.17, 15) is 22.8 Å². The summed E-state index contributed by atoms with van der Waals surface area (Å²) in [5.74, 6) is 0.455. The molecule has 0 aliphatic carbocycles. The van der Waals surface area contributed by atoms with Crippen molar-refractivity contribution in [2.45, 2.75) is 75.7 Å². The van der Waals surface area contributed by atoms with Crippen LogP contribution in [0.5, 0.6) is 0 Å². The Morgan fingerprint density at radius 3 is 2.75 bits per heavy atom. The maximum Gasteiger partial charge on any atom is 0.416 e. The van der Waals surface area contributed by atoms with Crippen LogP contribution in [0.25, 0.3) is 11.0 Å². The molecule has 2 amide bonds. The van der Waals surface area contributed by atoms with Crippen LogP contribution < -0.4 is 5.32 Å². The van der Waals surface area contributed by atoms with Crippen LogP contribution in [0.1, 0.15) is 68.4 Å². The van der Waals surface area contributed by atoms with E-state index in [1.807, 2.05) is 31.2 Å². The molecule has 0 unspecified atom stereocenters. The summed E-state index contributed by atoms with van der Waals surface area (Å²) in [6, 6.07) is 11.9. The predicted octanol–water partition coefficient (Wildman–Crippen LogP) is 5.31. The molecule has 3 atom stereocenters. The van der Waals surface area contributed by atoms with E-state index in [2.05, 4.69) is 15.3 Å². The number of para-hydroxylation sites is 2. The van der Waals surface area contributed by atoms with Crippen LogP contribution >= 0.6 is 0 Å². The SMILES string of the molecule is C[C@]12C[C@@H](c3cccc(C(F)(F)F)c3)N(C(=O)CCc3nc4ccccc4[nH]3)[C@H]1CCCCC(=O)N2. The summed E-state index contributed by atoms with van der Waals surface area (Å²) in [6.07, 6.45) is -0.986. The average molecular weight is 499 g/mol. The summed E-state index contributed by atoms with van der Waals surface area (Å²) in [7, 11) is 0. The van der Waals surface area contributed by atoms with Gasteiger partial charge < -0.3 is 15.2 Å². The Bertz CT molecular complexity index is 1250. The van der Waals surface area contributed by atoms with Crippen LogP contribution in [0.15, 0.2) is 48.5 Å². The first kappa shape index (κ1) is 24.3. The quantitative estimate of drug-likeness (QED) is 0.512. The first-order valence-corrected chi connectivity index (χ1v) is 12.4. The lowest BCUT2D eigenvalue weighted by molar-refractivity contribution is -0.137. The highest BCUT2D eigenvalue weighted by Gasteiger charge is 2.52. The van der Waals surface area contributed by atoms with Gasteiger partial charge in [-0.3, -0.25) is 9.59 Å². The number of amides is 2. The molecule has 190 valence electrons. The van der Waals surface area contributed by atoms with Crippen molar-refractivity contribution < 1.29 is 22.8 Å². The van der Waals surface area contributed by atoms with E-state index < -0.39 is 23.3 Å². The van der Waals surface area contributed by atoms with Crippen LogP contribution in [0.4, 0.5) is 13.2 Å². The van der Waals surface area contributed by atoms with Crippen LogP contribution in [-0.2, 0) is 22.2 Å². The summed E-state index contributed by atoms with van der Waals surface area (Å²) in [5, 5.41) is 3.10. The number of aromatic nitrogens is 2. The van der Waals surface area contributed by atoms with Crippen LogP contribution in [0, 0.1) is 0 Å². The molecule has 36 heavy (non-hydrogen) atoms. The van der Waals surface area contributed by atoms with Crippen molar-refractivity contribution in [1.29, 1.82) is 0 Å². The van der Waals surface area contributed by atoms with Crippen molar-refractivity contribution in [2.75, 3.05) is 0 Å². The smallest absolute Gasteiger partial charge is 0.349 e. The van der Waals surface area contributed by atoms with Gasteiger partial charge in [0.05, 0.1) is 34.2 Å². The number of benzene rings is 2. The number of H-pyrrole nitrogens is 1. The minimum Gasteiger partial charge on any atom is -0.349 e. The summed E-state index contributed by atoms with van der Waals surface area (Å²) in [5.41, 5.74) is 0.680. The lowest BCUT2D eigenvalue weighted by atomic mass is 9.85. The number of likely N-dealkylation sites (tertiary alicyclic amines) is 1. The van der Waals surface area contributed by atoms with Gasteiger partial charge in [0.1, 0.15) is 5.82 Å².